The molecule has 0 saturated carbocycles. The van der Waals surface area contributed by atoms with Crippen LogP contribution in [0, 0.1) is 11.6 Å². The summed E-state index contributed by atoms with van der Waals surface area (Å²) in [6, 6.07) is 8.25. The molecule has 1 atom stereocenters. The monoisotopic (exact) mass is 370 g/mol. The van der Waals surface area contributed by atoms with Gasteiger partial charge in [0.15, 0.2) is 5.82 Å². The van der Waals surface area contributed by atoms with Crippen molar-refractivity contribution in [1.29, 1.82) is 0 Å². The Kier molecular flexibility index (Phi) is 4.62. The van der Waals surface area contributed by atoms with E-state index in [9.17, 15) is 13.6 Å². The van der Waals surface area contributed by atoms with Crippen LogP contribution in [0.1, 0.15) is 34.9 Å². The fourth-order valence-corrected chi connectivity index (χ4v) is 3.20. The molecule has 6 nitrogen and oxygen atoms in total. The van der Waals surface area contributed by atoms with Gasteiger partial charge in [-0.2, -0.15) is 4.98 Å². The first kappa shape index (κ1) is 17.3. The number of hydrogen-bond acceptors (Lipinski definition) is 5. The molecule has 0 radical (unpaired) electrons. The molecule has 8 heteroatoms. The molecule has 1 aliphatic heterocycles. The van der Waals surface area contributed by atoms with Gasteiger partial charge in [-0.1, -0.05) is 11.2 Å². The first-order chi connectivity index (χ1) is 13.1. The number of halogens is 2. The number of hydrogen-bond donors (Lipinski definition) is 0. The van der Waals surface area contributed by atoms with Gasteiger partial charge in [-0.3, -0.25) is 9.78 Å². The average Bonchev–Trinajstić information content (AvgIpc) is 3.20. The molecule has 3 aromatic rings. The number of nitrogens with zero attached hydrogens (tertiary/aromatic N) is 4. The van der Waals surface area contributed by atoms with Gasteiger partial charge < -0.3 is 9.42 Å². The Balaban J connectivity index is 1.52. The Morgan fingerprint density at radius 1 is 1.22 bits per heavy atom. The Bertz CT molecular complexity index is 961. The molecule has 0 spiro atoms. The molecule has 0 aliphatic carbocycles. The van der Waals surface area contributed by atoms with Crippen molar-refractivity contribution in [3.63, 3.8) is 0 Å². The Morgan fingerprint density at radius 2 is 2.11 bits per heavy atom. The molecular weight excluding hydrogens is 354 g/mol. The SMILES string of the molecule is O=C(c1cc(F)ccc1F)N1CCC[C@H](c2noc(-c3ccccn3)n2)C1. The lowest BCUT2D eigenvalue weighted by molar-refractivity contribution is 0.0698. The highest BCUT2D eigenvalue weighted by molar-refractivity contribution is 5.94. The molecule has 1 aliphatic rings. The van der Waals surface area contributed by atoms with E-state index in [1.807, 2.05) is 6.07 Å². The van der Waals surface area contributed by atoms with Crippen LogP contribution < -0.4 is 0 Å². The zero-order chi connectivity index (χ0) is 18.8. The third-order valence-electron chi connectivity index (χ3n) is 4.56. The maximum atomic E-state index is 13.9. The van der Waals surface area contributed by atoms with Crippen molar-refractivity contribution in [2.45, 2.75) is 18.8 Å². The van der Waals surface area contributed by atoms with Gasteiger partial charge in [0, 0.05) is 25.2 Å². The number of piperidine rings is 1. The maximum Gasteiger partial charge on any atom is 0.276 e. The first-order valence-corrected chi connectivity index (χ1v) is 8.61. The van der Waals surface area contributed by atoms with E-state index in [0.29, 0.717) is 36.9 Å². The minimum atomic E-state index is -0.736. The molecule has 1 fully saturated rings. The van der Waals surface area contributed by atoms with Gasteiger partial charge in [-0.25, -0.2) is 8.78 Å². The van der Waals surface area contributed by atoms with Crippen molar-refractivity contribution in [3.05, 3.63) is 65.6 Å². The molecule has 0 unspecified atom stereocenters. The fraction of sp³-hybridized carbons (Fsp3) is 0.263. The van der Waals surface area contributed by atoms with Gasteiger partial charge in [0.25, 0.3) is 11.8 Å². The van der Waals surface area contributed by atoms with Crippen molar-refractivity contribution in [1.82, 2.24) is 20.0 Å². The summed E-state index contributed by atoms with van der Waals surface area (Å²) in [5.74, 6) is -1.27. The summed E-state index contributed by atoms with van der Waals surface area (Å²) in [7, 11) is 0. The van der Waals surface area contributed by atoms with Crippen LogP contribution in [0.5, 0.6) is 0 Å². The van der Waals surface area contributed by atoms with Crippen molar-refractivity contribution >= 4 is 5.91 Å². The van der Waals surface area contributed by atoms with E-state index in [2.05, 4.69) is 15.1 Å². The molecule has 2 aromatic heterocycles. The van der Waals surface area contributed by atoms with Crippen molar-refractivity contribution in [2.75, 3.05) is 13.1 Å². The molecule has 1 saturated heterocycles. The molecular formula is C19H16F2N4O2. The third-order valence-corrected chi connectivity index (χ3v) is 4.56. The number of rotatable bonds is 3. The summed E-state index contributed by atoms with van der Waals surface area (Å²) in [6.07, 6.45) is 3.12. The average molecular weight is 370 g/mol. The van der Waals surface area contributed by atoms with Gasteiger partial charge in [-0.15, -0.1) is 0 Å². The highest BCUT2D eigenvalue weighted by atomic mass is 19.1. The molecule has 138 valence electrons. The summed E-state index contributed by atoms with van der Waals surface area (Å²) in [5, 5.41) is 4.02. The maximum absolute atomic E-state index is 13.9. The zero-order valence-electron chi connectivity index (χ0n) is 14.3. The van der Waals surface area contributed by atoms with Crippen molar-refractivity contribution in [3.8, 4) is 11.6 Å². The molecule has 4 rings (SSSR count). The number of pyridine rings is 1. The van der Waals surface area contributed by atoms with E-state index in [1.165, 1.54) is 4.90 Å². The smallest absolute Gasteiger partial charge is 0.276 e. The van der Waals surface area contributed by atoms with E-state index >= 15 is 0 Å². The van der Waals surface area contributed by atoms with E-state index < -0.39 is 17.5 Å². The van der Waals surface area contributed by atoms with Crippen LogP contribution in [-0.4, -0.2) is 39.0 Å². The Morgan fingerprint density at radius 3 is 2.93 bits per heavy atom. The summed E-state index contributed by atoms with van der Waals surface area (Å²) in [6.45, 7) is 0.784. The van der Waals surface area contributed by atoms with E-state index in [1.54, 1.807) is 18.3 Å². The molecule has 0 bridgehead atoms. The molecule has 1 aromatic carbocycles. The minimum Gasteiger partial charge on any atom is -0.338 e. The van der Waals surface area contributed by atoms with Gasteiger partial charge in [0.05, 0.1) is 5.56 Å². The van der Waals surface area contributed by atoms with Crippen molar-refractivity contribution < 1.29 is 18.1 Å². The topological polar surface area (TPSA) is 72.1 Å². The first-order valence-electron chi connectivity index (χ1n) is 8.61. The van der Waals surface area contributed by atoms with E-state index in [0.717, 1.165) is 24.6 Å². The molecule has 1 amide bonds. The van der Waals surface area contributed by atoms with Crippen LogP contribution in [0.25, 0.3) is 11.6 Å². The van der Waals surface area contributed by atoms with Crippen LogP contribution in [0.3, 0.4) is 0 Å². The lowest BCUT2D eigenvalue weighted by Crippen LogP contribution is -2.39. The standard InChI is InChI=1S/C19H16F2N4O2/c20-13-6-7-15(21)14(10-13)19(26)25-9-3-4-12(11-25)17-23-18(27-24-17)16-5-1-2-8-22-16/h1-2,5-8,10,12H,3-4,9,11H2/t12-/m0/s1. The second-order valence-electron chi connectivity index (χ2n) is 6.39. The van der Waals surface area contributed by atoms with Gasteiger partial charge in [-0.05, 0) is 43.2 Å². The fourth-order valence-electron chi connectivity index (χ4n) is 3.20. The molecule has 0 N–H and O–H groups in total. The predicted octanol–water partition coefficient (Wildman–Crippen LogP) is 3.43. The highest BCUT2D eigenvalue weighted by Gasteiger charge is 2.30. The number of likely N-dealkylation sites (tertiary alicyclic amines) is 1. The lowest BCUT2D eigenvalue weighted by Gasteiger charge is -2.31. The number of carbonyl (C=O) groups excluding carboxylic acids is 1. The highest BCUT2D eigenvalue weighted by Crippen LogP contribution is 2.28. The summed E-state index contributed by atoms with van der Waals surface area (Å²) in [4.78, 5) is 22.7. The predicted molar refractivity (Wildman–Crippen MR) is 91.8 cm³/mol. The second kappa shape index (κ2) is 7.22. The minimum absolute atomic E-state index is 0.138. The zero-order valence-corrected chi connectivity index (χ0v) is 14.3. The normalized spacial score (nSPS) is 17.1. The van der Waals surface area contributed by atoms with Crippen LogP contribution >= 0.6 is 0 Å². The largest absolute Gasteiger partial charge is 0.338 e. The van der Waals surface area contributed by atoms with Crippen LogP contribution in [-0.2, 0) is 0 Å². The van der Waals surface area contributed by atoms with E-state index in [-0.39, 0.29) is 11.5 Å². The number of amides is 1. The van der Waals surface area contributed by atoms with E-state index in [4.69, 9.17) is 4.52 Å². The molecule has 27 heavy (non-hydrogen) atoms. The van der Waals surface area contributed by atoms with Gasteiger partial charge in [0.2, 0.25) is 0 Å². The Labute approximate surface area is 153 Å². The van der Waals surface area contributed by atoms with Crippen LogP contribution in [0.15, 0.2) is 47.1 Å². The second-order valence-corrected chi connectivity index (χ2v) is 6.39. The van der Waals surface area contributed by atoms with Crippen LogP contribution in [0.4, 0.5) is 8.78 Å². The number of carbonyl (C=O) groups is 1. The Hall–Kier alpha value is -3.16. The van der Waals surface area contributed by atoms with Gasteiger partial charge in [0.1, 0.15) is 17.3 Å². The van der Waals surface area contributed by atoms with Crippen LogP contribution in [0.2, 0.25) is 0 Å². The molecule has 3 heterocycles. The number of aromatic nitrogens is 3. The lowest BCUT2D eigenvalue weighted by atomic mass is 9.96. The third kappa shape index (κ3) is 3.55. The quantitative estimate of drug-likeness (QED) is 0.706. The summed E-state index contributed by atoms with van der Waals surface area (Å²) in [5.41, 5.74) is 0.305. The number of benzene rings is 1. The van der Waals surface area contributed by atoms with Gasteiger partial charge >= 0.3 is 0 Å². The summed E-state index contributed by atoms with van der Waals surface area (Å²) < 4.78 is 32.6. The summed E-state index contributed by atoms with van der Waals surface area (Å²) >= 11 is 0. The van der Waals surface area contributed by atoms with Crippen molar-refractivity contribution in [2.24, 2.45) is 0 Å².